The average molecular weight is 307 g/mol. The molecule has 1 aromatic heterocycles. The van der Waals surface area contributed by atoms with E-state index in [1.165, 1.54) is 0 Å². The summed E-state index contributed by atoms with van der Waals surface area (Å²) in [5, 5.41) is 3.77. The maximum atomic E-state index is 12.3. The molecule has 2 aliphatic heterocycles. The van der Waals surface area contributed by atoms with Gasteiger partial charge in [-0.05, 0) is 33.6 Å². The third-order valence-electron chi connectivity index (χ3n) is 4.36. The number of carbonyl (C=O) groups excluding carboxylic acids is 2. The van der Waals surface area contributed by atoms with Gasteiger partial charge in [-0.25, -0.2) is 4.79 Å². The fourth-order valence-corrected chi connectivity index (χ4v) is 3.22. The molecule has 0 bridgehead atoms. The van der Waals surface area contributed by atoms with Gasteiger partial charge >= 0.3 is 6.09 Å². The summed E-state index contributed by atoms with van der Waals surface area (Å²) in [7, 11) is 0. The Morgan fingerprint density at radius 3 is 2.55 bits per heavy atom. The van der Waals surface area contributed by atoms with Gasteiger partial charge in [-0.2, -0.15) is 0 Å². The molecule has 0 saturated carbocycles. The zero-order valence-corrected chi connectivity index (χ0v) is 13.2. The minimum Gasteiger partial charge on any atom is -0.447 e. The summed E-state index contributed by atoms with van der Waals surface area (Å²) in [5.41, 5.74) is 0.0637. The Labute approximate surface area is 129 Å². The lowest BCUT2D eigenvalue weighted by Gasteiger charge is -2.40. The van der Waals surface area contributed by atoms with Crippen LogP contribution in [0.15, 0.2) is 10.6 Å². The van der Waals surface area contributed by atoms with Gasteiger partial charge in [0.05, 0.1) is 5.54 Å². The van der Waals surface area contributed by atoms with Gasteiger partial charge in [0.2, 0.25) is 0 Å². The van der Waals surface area contributed by atoms with Crippen molar-refractivity contribution in [2.24, 2.45) is 0 Å². The Morgan fingerprint density at radius 2 is 2.05 bits per heavy atom. The monoisotopic (exact) mass is 307 g/mol. The van der Waals surface area contributed by atoms with Crippen LogP contribution < -0.4 is 0 Å². The van der Waals surface area contributed by atoms with E-state index in [2.05, 4.69) is 5.16 Å². The van der Waals surface area contributed by atoms with Crippen molar-refractivity contribution in [1.82, 2.24) is 15.0 Å². The summed E-state index contributed by atoms with van der Waals surface area (Å²) >= 11 is 0. The minimum atomic E-state index is -0.281. The number of carbonyl (C=O) groups is 2. The molecule has 1 aromatic rings. The van der Waals surface area contributed by atoms with Crippen LogP contribution in [0.5, 0.6) is 0 Å². The number of hydrogen-bond acceptors (Lipinski definition) is 5. The molecule has 0 atom stereocenters. The zero-order chi connectivity index (χ0) is 15.9. The quantitative estimate of drug-likeness (QED) is 0.833. The molecule has 2 aliphatic rings. The molecule has 7 nitrogen and oxygen atoms in total. The highest BCUT2D eigenvalue weighted by atomic mass is 16.6. The maximum Gasteiger partial charge on any atom is 0.410 e. The third kappa shape index (κ3) is 2.55. The molecule has 0 N–H and O–H groups in total. The van der Waals surface area contributed by atoms with Crippen LogP contribution in [0, 0.1) is 6.92 Å². The van der Waals surface area contributed by atoms with Crippen LogP contribution in [0.2, 0.25) is 0 Å². The van der Waals surface area contributed by atoms with Gasteiger partial charge in [-0.15, -0.1) is 0 Å². The largest absolute Gasteiger partial charge is 0.447 e. The highest BCUT2D eigenvalue weighted by Gasteiger charge is 2.45. The number of nitrogens with zero attached hydrogens (tertiary/aromatic N) is 3. The van der Waals surface area contributed by atoms with Crippen molar-refractivity contribution >= 4 is 12.0 Å². The topological polar surface area (TPSA) is 75.9 Å². The Balaban J connectivity index is 1.63. The van der Waals surface area contributed by atoms with Gasteiger partial charge in [0, 0.05) is 25.2 Å². The van der Waals surface area contributed by atoms with Crippen LogP contribution in [0.3, 0.4) is 0 Å². The normalized spacial score (nSPS) is 22.0. The van der Waals surface area contributed by atoms with E-state index in [1.54, 1.807) is 17.9 Å². The van der Waals surface area contributed by atoms with E-state index in [0.717, 1.165) is 12.8 Å². The second-order valence-corrected chi connectivity index (χ2v) is 6.58. The summed E-state index contributed by atoms with van der Waals surface area (Å²) in [5.74, 6) is 0.512. The van der Waals surface area contributed by atoms with E-state index in [0.29, 0.717) is 31.2 Å². The molecule has 2 amide bonds. The number of amides is 2. The van der Waals surface area contributed by atoms with Crippen molar-refractivity contribution < 1.29 is 18.8 Å². The second-order valence-electron chi connectivity index (χ2n) is 6.58. The summed E-state index contributed by atoms with van der Waals surface area (Å²) in [6, 6.07) is 1.77. The molecule has 0 aromatic carbocycles. The standard InChI is InChI=1S/C15H21N3O4/c1-10-8-12(16-22-10)13(19)17-6-4-11(5-7-17)18-14(20)21-9-15(18,2)3/h8,11H,4-7,9H2,1-3H3. The first kappa shape index (κ1) is 14.9. The van der Waals surface area contributed by atoms with E-state index in [1.807, 2.05) is 18.7 Å². The molecule has 3 heterocycles. The van der Waals surface area contributed by atoms with Crippen molar-refractivity contribution in [3.05, 3.63) is 17.5 Å². The van der Waals surface area contributed by atoms with Gasteiger partial charge in [-0.3, -0.25) is 9.69 Å². The lowest BCUT2D eigenvalue weighted by atomic mass is 9.97. The molecular formula is C15H21N3O4. The van der Waals surface area contributed by atoms with Crippen molar-refractivity contribution in [3.8, 4) is 0 Å². The van der Waals surface area contributed by atoms with Gasteiger partial charge in [0.1, 0.15) is 12.4 Å². The molecule has 0 spiro atoms. The first-order chi connectivity index (χ1) is 10.4. The average Bonchev–Trinajstić information content (AvgIpc) is 3.02. The maximum absolute atomic E-state index is 12.3. The lowest BCUT2D eigenvalue weighted by Crippen LogP contribution is -2.53. The highest BCUT2D eigenvalue weighted by Crippen LogP contribution is 2.30. The number of rotatable bonds is 2. The summed E-state index contributed by atoms with van der Waals surface area (Å²) in [4.78, 5) is 27.9. The molecule has 22 heavy (non-hydrogen) atoms. The Bertz CT molecular complexity index is 587. The molecule has 3 rings (SSSR count). The number of ether oxygens (including phenoxy) is 1. The minimum absolute atomic E-state index is 0.112. The molecule has 0 unspecified atom stereocenters. The van der Waals surface area contributed by atoms with E-state index < -0.39 is 0 Å². The number of cyclic esters (lactones) is 1. The Kier molecular flexibility index (Phi) is 3.58. The molecule has 0 radical (unpaired) electrons. The molecular weight excluding hydrogens is 286 g/mol. The highest BCUT2D eigenvalue weighted by molar-refractivity contribution is 5.92. The van der Waals surface area contributed by atoms with Gasteiger partial charge in [0.15, 0.2) is 5.69 Å². The third-order valence-corrected chi connectivity index (χ3v) is 4.36. The second kappa shape index (κ2) is 5.30. The fourth-order valence-electron chi connectivity index (χ4n) is 3.22. The predicted molar refractivity (Wildman–Crippen MR) is 77.4 cm³/mol. The summed E-state index contributed by atoms with van der Waals surface area (Å²) in [6.07, 6.45) is 1.25. The number of likely N-dealkylation sites (tertiary alicyclic amines) is 1. The molecule has 120 valence electrons. The summed E-state index contributed by atoms with van der Waals surface area (Å²) < 4.78 is 10.1. The zero-order valence-electron chi connectivity index (χ0n) is 13.2. The van der Waals surface area contributed by atoms with E-state index in [9.17, 15) is 9.59 Å². The Morgan fingerprint density at radius 1 is 1.36 bits per heavy atom. The van der Waals surface area contributed by atoms with E-state index >= 15 is 0 Å². The van der Waals surface area contributed by atoms with Gasteiger partial charge < -0.3 is 14.2 Å². The number of aryl methyl sites for hydroxylation is 1. The van der Waals surface area contributed by atoms with E-state index in [-0.39, 0.29) is 23.6 Å². The first-order valence-electron chi connectivity index (χ1n) is 7.57. The fraction of sp³-hybridized carbons (Fsp3) is 0.667. The molecule has 2 fully saturated rings. The smallest absolute Gasteiger partial charge is 0.410 e. The number of hydrogen-bond donors (Lipinski definition) is 0. The van der Waals surface area contributed by atoms with E-state index in [4.69, 9.17) is 9.26 Å². The lowest BCUT2D eigenvalue weighted by molar-refractivity contribution is 0.0581. The first-order valence-corrected chi connectivity index (χ1v) is 7.57. The Hall–Kier alpha value is -2.05. The van der Waals surface area contributed by atoms with Crippen molar-refractivity contribution in [3.63, 3.8) is 0 Å². The van der Waals surface area contributed by atoms with Crippen LogP contribution in [-0.2, 0) is 4.74 Å². The van der Waals surface area contributed by atoms with Crippen molar-refractivity contribution in [1.29, 1.82) is 0 Å². The van der Waals surface area contributed by atoms with Gasteiger partial charge in [-0.1, -0.05) is 5.16 Å². The number of piperidine rings is 1. The molecule has 7 heteroatoms. The van der Waals surface area contributed by atoms with Crippen LogP contribution >= 0.6 is 0 Å². The predicted octanol–water partition coefficient (Wildman–Crippen LogP) is 1.82. The van der Waals surface area contributed by atoms with Crippen molar-refractivity contribution in [2.75, 3.05) is 19.7 Å². The van der Waals surface area contributed by atoms with Crippen LogP contribution in [-0.4, -0.2) is 58.2 Å². The summed E-state index contributed by atoms with van der Waals surface area (Å²) in [6.45, 7) is 7.41. The van der Waals surface area contributed by atoms with Gasteiger partial charge in [0.25, 0.3) is 5.91 Å². The van der Waals surface area contributed by atoms with Crippen molar-refractivity contribution in [2.45, 2.75) is 45.2 Å². The van der Waals surface area contributed by atoms with Crippen LogP contribution in [0.25, 0.3) is 0 Å². The SMILES string of the molecule is Cc1cc(C(=O)N2CCC(N3C(=O)OCC3(C)C)CC2)no1. The van der Waals surface area contributed by atoms with Crippen LogP contribution in [0.4, 0.5) is 4.79 Å². The molecule has 0 aliphatic carbocycles. The molecule has 2 saturated heterocycles. The number of aromatic nitrogens is 1. The van der Waals surface area contributed by atoms with Crippen LogP contribution in [0.1, 0.15) is 42.9 Å².